The van der Waals surface area contributed by atoms with E-state index in [1.807, 2.05) is 33.3 Å². The highest BCUT2D eigenvalue weighted by atomic mass is 32.1. The van der Waals surface area contributed by atoms with Crippen molar-refractivity contribution in [1.29, 1.82) is 0 Å². The fourth-order valence-corrected chi connectivity index (χ4v) is 4.73. The summed E-state index contributed by atoms with van der Waals surface area (Å²) in [6.45, 7) is 7.21. The normalized spacial score (nSPS) is 15.1. The Morgan fingerprint density at radius 2 is 1.69 bits per heavy atom. The summed E-state index contributed by atoms with van der Waals surface area (Å²) in [5.41, 5.74) is 2.10. The third-order valence-corrected chi connectivity index (χ3v) is 6.64. The van der Waals surface area contributed by atoms with Crippen LogP contribution in [0.15, 0.2) is 59.4 Å². The fraction of sp³-hybridized carbons (Fsp3) is 0.375. The van der Waals surface area contributed by atoms with Gasteiger partial charge in [0.2, 0.25) is 10.5 Å². The molecule has 32 heavy (non-hydrogen) atoms. The summed E-state index contributed by atoms with van der Waals surface area (Å²) in [4.78, 5) is 18.0. The number of rotatable bonds is 6. The predicted molar refractivity (Wildman–Crippen MR) is 131 cm³/mol. The molecule has 0 unspecified atom stereocenters. The smallest absolute Gasteiger partial charge is 0.262 e. The van der Waals surface area contributed by atoms with Crippen molar-refractivity contribution in [3.63, 3.8) is 0 Å². The Labute approximate surface area is 192 Å². The maximum Gasteiger partial charge on any atom is 0.262 e. The molecule has 0 aliphatic carbocycles. The Hall–Kier alpha value is -2.97. The molecular formula is C24H28N6OS. The number of benzene rings is 2. The lowest BCUT2D eigenvalue weighted by atomic mass is 10.2. The standard InChI is InChI=1S/C24H28N6OS/c1-2-3-13-28-22(31)20-11-7-8-12-21(20)30-23(28)25-29(24(30)32)18-26-14-16-27(17-15-26)19-9-5-4-6-10-19/h4-12H,2-3,13-18H2,1H3. The molecule has 166 valence electrons. The first-order chi connectivity index (χ1) is 15.7. The third-order valence-electron chi connectivity index (χ3n) is 6.25. The second-order valence-electron chi connectivity index (χ2n) is 8.33. The molecule has 8 heteroatoms. The number of unbranched alkanes of at least 4 members (excludes halogenated alkanes) is 1. The molecule has 2 aromatic carbocycles. The van der Waals surface area contributed by atoms with E-state index in [0.717, 1.165) is 44.5 Å². The first kappa shape index (κ1) is 20.9. The molecule has 5 rings (SSSR count). The highest BCUT2D eigenvalue weighted by molar-refractivity contribution is 7.71. The molecule has 1 aliphatic rings. The van der Waals surface area contributed by atoms with Crippen molar-refractivity contribution >= 4 is 34.6 Å². The average Bonchev–Trinajstić information content (AvgIpc) is 3.16. The molecule has 7 nitrogen and oxygen atoms in total. The Morgan fingerprint density at radius 1 is 0.969 bits per heavy atom. The third kappa shape index (κ3) is 3.73. The zero-order valence-corrected chi connectivity index (χ0v) is 19.2. The second kappa shape index (κ2) is 8.88. The van der Waals surface area contributed by atoms with Crippen LogP contribution in [0.5, 0.6) is 0 Å². The zero-order chi connectivity index (χ0) is 22.1. The van der Waals surface area contributed by atoms with Crippen LogP contribution in [-0.4, -0.2) is 49.8 Å². The molecule has 0 amide bonds. The quantitative estimate of drug-likeness (QED) is 0.421. The minimum atomic E-state index is 0.00479. The van der Waals surface area contributed by atoms with E-state index >= 15 is 0 Å². The van der Waals surface area contributed by atoms with Crippen LogP contribution in [0.2, 0.25) is 0 Å². The van der Waals surface area contributed by atoms with E-state index in [4.69, 9.17) is 17.3 Å². The summed E-state index contributed by atoms with van der Waals surface area (Å²) in [7, 11) is 0. The largest absolute Gasteiger partial charge is 0.369 e. The van der Waals surface area contributed by atoms with E-state index in [0.29, 0.717) is 29.1 Å². The molecule has 0 atom stereocenters. The lowest BCUT2D eigenvalue weighted by Gasteiger charge is -2.35. The monoisotopic (exact) mass is 448 g/mol. The topological polar surface area (TPSA) is 50.7 Å². The number of piperazine rings is 1. The molecule has 1 saturated heterocycles. The van der Waals surface area contributed by atoms with Crippen LogP contribution in [0, 0.1) is 4.77 Å². The molecule has 1 fully saturated rings. The molecule has 2 aromatic heterocycles. The molecule has 0 saturated carbocycles. The zero-order valence-electron chi connectivity index (χ0n) is 18.4. The van der Waals surface area contributed by atoms with Crippen molar-refractivity contribution in [2.75, 3.05) is 31.1 Å². The van der Waals surface area contributed by atoms with E-state index in [2.05, 4.69) is 47.1 Å². The number of para-hydroxylation sites is 2. The summed E-state index contributed by atoms with van der Waals surface area (Å²) in [6.07, 6.45) is 1.94. The van der Waals surface area contributed by atoms with E-state index < -0.39 is 0 Å². The van der Waals surface area contributed by atoms with Gasteiger partial charge in [-0.25, -0.2) is 4.68 Å². The lowest BCUT2D eigenvalue weighted by Crippen LogP contribution is -2.46. The van der Waals surface area contributed by atoms with Gasteiger partial charge in [0.05, 0.1) is 17.6 Å². The van der Waals surface area contributed by atoms with Gasteiger partial charge in [-0.15, -0.1) is 5.10 Å². The van der Waals surface area contributed by atoms with Crippen LogP contribution >= 0.6 is 12.2 Å². The van der Waals surface area contributed by atoms with E-state index in [9.17, 15) is 4.79 Å². The number of fused-ring (bicyclic) bond motifs is 3. The molecule has 0 radical (unpaired) electrons. The van der Waals surface area contributed by atoms with Crippen molar-refractivity contribution in [3.05, 3.63) is 69.7 Å². The van der Waals surface area contributed by atoms with Crippen LogP contribution in [0.25, 0.3) is 16.7 Å². The van der Waals surface area contributed by atoms with Gasteiger partial charge in [0.1, 0.15) is 0 Å². The van der Waals surface area contributed by atoms with Crippen LogP contribution in [0.1, 0.15) is 19.8 Å². The predicted octanol–water partition coefficient (Wildman–Crippen LogP) is 3.76. The molecular weight excluding hydrogens is 420 g/mol. The SMILES string of the molecule is CCCCn1c(=O)c2ccccc2n2c(=S)n(CN3CCN(c4ccccc4)CC3)nc12. The summed E-state index contributed by atoms with van der Waals surface area (Å²) in [5, 5.41) is 5.51. The molecule has 0 spiro atoms. The molecule has 4 aromatic rings. The summed E-state index contributed by atoms with van der Waals surface area (Å²) in [5.74, 6) is 0.634. The van der Waals surface area contributed by atoms with Crippen molar-refractivity contribution in [2.24, 2.45) is 0 Å². The van der Waals surface area contributed by atoms with Gasteiger partial charge in [-0.2, -0.15) is 0 Å². The van der Waals surface area contributed by atoms with Gasteiger partial charge in [-0.1, -0.05) is 43.7 Å². The number of aromatic nitrogens is 4. The van der Waals surface area contributed by atoms with Gasteiger partial charge in [-0.05, 0) is 42.9 Å². The minimum absolute atomic E-state index is 0.00479. The van der Waals surface area contributed by atoms with Crippen LogP contribution in [-0.2, 0) is 13.2 Å². The Balaban J connectivity index is 1.47. The number of hydrogen-bond acceptors (Lipinski definition) is 5. The van der Waals surface area contributed by atoms with Crippen molar-refractivity contribution < 1.29 is 0 Å². The van der Waals surface area contributed by atoms with E-state index in [-0.39, 0.29) is 5.56 Å². The van der Waals surface area contributed by atoms with Crippen LogP contribution < -0.4 is 10.5 Å². The van der Waals surface area contributed by atoms with Crippen LogP contribution in [0.4, 0.5) is 5.69 Å². The molecule has 0 N–H and O–H groups in total. The number of nitrogens with zero attached hydrogens (tertiary/aromatic N) is 6. The summed E-state index contributed by atoms with van der Waals surface area (Å²) < 4.78 is 6.25. The van der Waals surface area contributed by atoms with Crippen molar-refractivity contribution in [2.45, 2.75) is 33.0 Å². The lowest BCUT2D eigenvalue weighted by molar-refractivity contribution is 0.194. The molecule has 3 heterocycles. The molecule has 1 aliphatic heterocycles. The second-order valence-corrected chi connectivity index (χ2v) is 8.69. The first-order valence-electron chi connectivity index (χ1n) is 11.3. The van der Waals surface area contributed by atoms with Crippen molar-refractivity contribution in [3.8, 4) is 0 Å². The fourth-order valence-electron chi connectivity index (χ4n) is 4.45. The summed E-state index contributed by atoms with van der Waals surface area (Å²) in [6, 6.07) is 18.2. The average molecular weight is 449 g/mol. The van der Waals surface area contributed by atoms with Crippen LogP contribution in [0.3, 0.4) is 0 Å². The maximum atomic E-state index is 13.2. The van der Waals surface area contributed by atoms with Gasteiger partial charge in [0.15, 0.2) is 0 Å². The number of aryl methyl sites for hydroxylation is 1. The Morgan fingerprint density at radius 3 is 2.44 bits per heavy atom. The molecule has 0 bridgehead atoms. The maximum absolute atomic E-state index is 13.2. The van der Waals surface area contributed by atoms with E-state index in [1.165, 1.54) is 5.69 Å². The number of anilines is 1. The Bertz CT molecular complexity index is 1350. The van der Waals surface area contributed by atoms with Gasteiger partial charge in [0.25, 0.3) is 5.56 Å². The Kier molecular flexibility index (Phi) is 5.80. The first-order valence-corrected chi connectivity index (χ1v) is 11.7. The van der Waals surface area contributed by atoms with Gasteiger partial charge < -0.3 is 4.90 Å². The highest BCUT2D eigenvalue weighted by Gasteiger charge is 2.20. The van der Waals surface area contributed by atoms with Gasteiger partial charge >= 0.3 is 0 Å². The minimum Gasteiger partial charge on any atom is -0.369 e. The number of hydrogen-bond donors (Lipinski definition) is 0. The van der Waals surface area contributed by atoms with Gasteiger partial charge in [0, 0.05) is 38.4 Å². The highest BCUT2D eigenvalue weighted by Crippen LogP contribution is 2.18. The van der Waals surface area contributed by atoms with E-state index in [1.54, 1.807) is 4.57 Å². The van der Waals surface area contributed by atoms with Gasteiger partial charge in [-0.3, -0.25) is 18.7 Å². The van der Waals surface area contributed by atoms with Crippen molar-refractivity contribution in [1.82, 2.24) is 23.6 Å². The summed E-state index contributed by atoms with van der Waals surface area (Å²) >= 11 is 5.85.